The second kappa shape index (κ2) is 7.11. The quantitative estimate of drug-likeness (QED) is 0.627. The summed E-state index contributed by atoms with van der Waals surface area (Å²) in [4.78, 5) is 8.34. The third kappa shape index (κ3) is 3.74. The van der Waals surface area contributed by atoms with E-state index in [-0.39, 0.29) is 17.3 Å². The molecule has 3 aromatic rings. The molecule has 0 amide bonds. The largest absolute Gasteiger partial charge is 0.338 e. The minimum Gasteiger partial charge on any atom is -0.338 e. The number of aromatic nitrogens is 5. The number of pyridine rings is 1. The first-order valence-electron chi connectivity index (χ1n) is 7.72. The van der Waals surface area contributed by atoms with Gasteiger partial charge in [-0.15, -0.1) is 0 Å². The van der Waals surface area contributed by atoms with Gasteiger partial charge < -0.3 is 4.52 Å². The molecule has 0 unspecified atom stereocenters. The van der Waals surface area contributed by atoms with Crippen molar-refractivity contribution in [2.24, 2.45) is 0 Å². The SMILES string of the molecule is CCCn1cc(S(=O)(=O)N(C)Cc2nc(-c3cccnc3)no2)cn1. The molecule has 3 heterocycles. The van der Waals surface area contributed by atoms with Gasteiger partial charge in [0.25, 0.3) is 0 Å². The number of sulfonamides is 1. The van der Waals surface area contributed by atoms with E-state index in [0.717, 1.165) is 10.7 Å². The zero-order valence-corrected chi connectivity index (χ0v) is 14.7. The second-order valence-corrected chi connectivity index (χ2v) is 7.50. The van der Waals surface area contributed by atoms with Gasteiger partial charge in [-0.3, -0.25) is 9.67 Å². The molecule has 0 bridgehead atoms. The summed E-state index contributed by atoms with van der Waals surface area (Å²) in [5.41, 5.74) is 0.698. The number of hydrogen-bond acceptors (Lipinski definition) is 7. The van der Waals surface area contributed by atoms with E-state index in [1.165, 1.54) is 19.4 Å². The van der Waals surface area contributed by atoms with Crippen LogP contribution in [0.1, 0.15) is 19.2 Å². The van der Waals surface area contributed by atoms with Crippen LogP contribution in [0.15, 0.2) is 46.3 Å². The highest BCUT2D eigenvalue weighted by Crippen LogP contribution is 2.18. The van der Waals surface area contributed by atoms with E-state index < -0.39 is 10.0 Å². The van der Waals surface area contributed by atoms with Crippen molar-refractivity contribution in [3.63, 3.8) is 0 Å². The zero-order chi connectivity index (χ0) is 17.9. The van der Waals surface area contributed by atoms with Crippen LogP contribution in [0.25, 0.3) is 11.4 Å². The Kier molecular flexibility index (Phi) is 4.91. The van der Waals surface area contributed by atoms with Gasteiger partial charge in [-0.25, -0.2) is 8.42 Å². The van der Waals surface area contributed by atoms with Gasteiger partial charge in [0.1, 0.15) is 4.90 Å². The molecule has 3 aromatic heterocycles. The van der Waals surface area contributed by atoms with Crippen molar-refractivity contribution in [2.75, 3.05) is 7.05 Å². The molecule has 0 aliphatic carbocycles. The summed E-state index contributed by atoms with van der Waals surface area (Å²) in [7, 11) is -2.22. The monoisotopic (exact) mass is 362 g/mol. The molecule has 0 aliphatic heterocycles. The van der Waals surface area contributed by atoms with E-state index >= 15 is 0 Å². The maximum Gasteiger partial charge on any atom is 0.246 e. The fraction of sp³-hybridized carbons (Fsp3) is 0.333. The lowest BCUT2D eigenvalue weighted by Gasteiger charge is -2.13. The Labute approximate surface area is 145 Å². The van der Waals surface area contributed by atoms with Crippen molar-refractivity contribution in [3.05, 3.63) is 42.8 Å². The summed E-state index contributed by atoms with van der Waals surface area (Å²) < 4.78 is 33.1. The molecule has 3 rings (SSSR count). The molecule has 0 saturated carbocycles. The minimum absolute atomic E-state index is 0.0332. The molecule has 0 radical (unpaired) electrons. The van der Waals surface area contributed by atoms with Gasteiger partial charge >= 0.3 is 0 Å². The van der Waals surface area contributed by atoms with Crippen LogP contribution in [-0.4, -0.2) is 44.7 Å². The lowest BCUT2D eigenvalue weighted by molar-refractivity contribution is 0.336. The molecule has 10 heteroatoms. The fourth-order valence-corrected chi connectivity index (χ4v) is 3.29. The van der Waals surface area contributed by atoms with Crippen LogP contribution in [0.2, 0.25) is 0 Å². The molecule has 0 aliphatic rings. The van der Waals surface area contributed by atoms with Crippen LogP contribution < -0.4 is 0 Å². The molecular formula is C15H18N6O3S. The third-order valence-electron chi connectivity index (χ3n) is 3.52. The van der Waals surface area contributed by atoms with Crippen molar-refractivity contribution in [1.29, 1.82) is 0 Å². The highest BCUT2D eigenvalue weighted by atomic mass is 32.2. The average Bonchev–Trinajstić information content (AvgIpc) is 3.26. The maximum atomic E-state index is 12.6. The Hall–Kier alpha value is -2.59. The third-order valence-corrected chi connectivity index (χ3v) is 5.27. The van der Waals surface area contributed by atoms with Crippen LogP contribution in [0.5, 0.6) is 0 Å². The minimum atomic E-state index is -3.68. The van der Waals surface area contributed by atoms with Gasteiger partial charge in [0.15, 0.2) is 0 Å². The Morgan fingerprint density at radius 1 is 1.32 bits per heavy atom. The smallest absolute Gasteiger partial charge is 0.246 e. The molecule has 132 valence electrons. The summed E-state index contributed by atoms with van der Waals surface area (Å²) in [5.74, 6) is 0.565. The van der Waals surface area contributed by atoms with Crippen LogP contribution >= 0.6 is 0 Å². The Balaban J connectivity index is 1.75. The fourth-order valence-electron chi connectivity index (χ4n) is 2.22. The standard InChI is InChI=1S/C15H18N6O3S/c1-3-7-21-10-13(9-17-21)25(22,23)20(2)11-14-18-15(19-24-14)12-5-4-6-16-8-12/h4-6,8-10H,3,7,11H2,1-2H3. The van der Waals surface area contributed by atoms with Gasteiger partial charge in [-0.1, -0.05) is 12.1 Å². The Bertz CT molecular complexity index is 935. The van der Waals surface area contributed by atoms with Crippen molar-refractivity contribution in [3.8, 4) is 11.4 Å². The predicted octanol–water partition coefficient (Wildman–Crippen LogP) is 1.56. The molecule has 0 aromatic carbocycles. The molecule has 9 nitrogen and oxygen atoms in total. The summed E-state index contributed by atoms with van der Waals surface area (Å²) in [6.07, 6.45) is 6.98. The summed E-state index contributed by atoms with van der Waals surface area (Å²) in [6, 6.07) is 3.56. The molecule has 0 N–H and O–H groups in total. The van der Waals surface area contributed by atoms with Gasteiger partial charge in [-0.05, 0) is 18.6 Å². The molecule has 0 saturated heterocycles. The number of aryl methyl sites for hydroxylation is 1. The summed E-state index contributed by atoms with van der Waals surface area (Å²) >= 11 is 0. The molecular weight excluding hydrogens is 344 g/mol. The molecule has 0 fully saturated rings. The van der Waals surface area contributed by atoms with Gasteiger partial charge in [0.2, 0.25) is 21.7 Å². The van der Waals surface area contributed by atoms with E-state index in [1.807, 2.05) is 6.92 Å². The Morgan fingerprint density at radius 3 is 2.88 bits per heavy atom. The predicted molar refractivity (Wildman–Crippen MR) is 88.7 cm³/mol. The van der Waals surface area contributed by atoms with Crippen LogP contribution in [0.4, 0.5) is 0 Å². The van der Waals surface area contributed by atoms with Gasteiger partial charge in [-0.2, -0.15) is 14.4 Å². The van der Waals surface area contributed by atoms with Gasteiger partial charge in [0.05, 0.1) is 12.7 Å². The first-order chi connectivity index (χ1) is 12.0. The second-order valence-electron chi connectivity index (χ2n) is 5.45. The normalized spacial score (nSPS) is 12.0. The lowest BCUT2D eigenvalue weighted by Crippen LogP contribution is -2.26. The highest BCUT2D eigenvalue weighted by Gasteiger charge is 2.24. The van der Waals surface area contributed by atoms with Crippen molar-refractivity contribution >= 4 is 10.0 Å². The van der Waals surface area contributed by atoms with E-state index in [9.17, 15) is 8.42 Å². The number of rotatable bonds is 7. The van der Waals surface area contributed by atoms with E-state index in [4.69, 9.17) is 4.52 Å². The maximum absolute atomic E-state index is 12.6. The first kappa shape index (κ1) is 17.2. The topological polar surface area (TPSA) is 107 Å². The van der Waals surface area contributed by atoms with Crippen molar-refractivity contribution in [2.45, 2.75) is 31.3 Å². The average molecular weight is 362 g/mol. The van der Waals surface area contributed by atoms with E-state index in [0.29, 0.717) is 17.9 Å². The lowest BCUT2D eigenvalue weighted by atomic mass is 10.3. The van der Waals surface area contributed by atoms with Crippen molar-refractivity contribution in [1.82, 2.24) is 29.2 Å². The van der Waals surface area contributed by atoms with Gasteiger partial charge in [0, 0.05) is 37.7 Å². The van der Waals surface area contributed by atoms with Crippen LogP contribution in [-0.2, 0) is 23.1 Å². The molecule has 25 heavy (non-hydrogen) atoms. The first-order valence-corrected chi connectivity index (χ1v) is 9.16. The number of nitrogens with zero attached hydrogens (tertiary/aromatic N) is 6. The van der Waals surface area contributed by atoms with Crippen LogP contribution in [0.3, 0.4) is 0 Å². The number of hydrogen-bond donors (Lipinski definition) is 0. The summed E-state index contributed by atoms with van der Waals surface area (Å²) in [6.45, 7) is 2.63. The molecule has 0 atom stereocenters. The van der Waals surface area contributed by atoms with Crippen LogP contribution in [0, 0.1) is 0 Å². The van der Waals surface area contributed by atoms with E-state index in [1.54, 1.807) is 29.2 Å². The summed E-state index contributed by atoms with van der Waals surface area (Å²) in [5, 5.41) is 7.92. The highest BCUT2D eigenvalue weighted by molar-refractivity contribution is 7.89. The van der Waals surface area contributed by atoms with E-state index in [2.05, 4.69) is 20.2 Å². The Morgan fingerprint density at radius 2 is 2.16 bits per heavy atom. The zero-order valence-electron chi connectivity index (χ0n) is 13.9. The van der Waals surface area contributed by atoms with Crippen molar-refractivity contribution < 1.29 is 12.9 Å². The molecule has 0 spiro atoms.